The summed E-state index contributed by atoms with van der Waals surface area (Å²) in [5.41, 5.74) is 0.373. The van der Waals surface area contributed by atoms with Crippen molar-refractivity contribution in [2.24, 2.45) is 5.41 Å². The molecule has 0 spiro atoms. The number of carbonyl (C=O) groups is 1. The predicted octanol–water partition coefficient (Wildman–Crippen LogP) is 1.52. The normalized spacial score (nSPS) is 28.8. The van der Waals surface area contributed by atoms with Crippen LogP contribution in [-0.2, 0) is 17.7 Å². The van der Waals surface area contributed by atoms with E-state index in [4.69, 9.17) is 4.74 Å². The number of hydrogen-bond donors (Lipinski definition) is 2. The number of fused-ring (bicyclic) bond motifs is 1. The summed E-state index contributed by atoms with van der Waals surface area (Å²) >= 11 is 0. The fourth-order valence-electron chi connectivity index (χ4n) is 3.69. The smallest absolute Gasteiger partial charge is 0.254 e. The van der Waals surface area contributed by atoms with E-state index >= 15 is 0 Å². The highest BCUT2D eigenvalue weighted by atomic mass is 16.5. The fraction of sp³-hybridized carbons (Fsp3) is 0.765. The van der Waals surface area contributed by atoms with Crippen LogP contribution in [0.2, 0.25) is 0 Å². The minimum Gasteiger partial charge on any atom is -0.387 e. The van der Waals surface area contributed by atoms with Crippen LogP contribution in [0.3, 0.4) is 0 Å². The summed E-state index contributed by atoms with van der Waals surface area (Å²) in [7, 11) is 0. The van der Waals surface area contributed by atoms with E-state index in [-0.39, 0.29) is 24.0 Å². The molecule has 6 nitrogen and oxygen atoms in total. The number of nitrogens with zero attached hydrogens (tertiary/aromatic N) is 2. The van der Waals surface area contributed by atoms with Gasteiger partial charge in [0.15, 0.2) is 0 Å². The maximum absolute atomic E-state index is 12.5. The first kappa shape index (κ1) is 16.5. The average Bonchev–Trinajstić information content (AvgIpc) is 2.96. The molecule has 128 valence electrons. The van der Waals surface area contributed by atoms with E-state index in [1.807, 2.05) is 25.5 Å². The summed E-state index contributed by atoms with van der Waals surface area (Å²) in [5, 5.41) is 18.0. The minimum absolute atomic E-state index is 0.0401. The molecule has 1 aromatic heterocycles. The number of ether oxygens (including phenoxy) is 1. The van der Waals surface area contributed by atoms with Gasteiger partial charge in [0.25, 0.3) is 5.91 Å². The van der Waals surface area contributed by atoms with Crippen molar-refractivity contribution in [3.63, 3.8) is 0 Å². The maximum Gasteiger partial charge on any atom is 0.254 e. The SMILES string of the molecule is CCO[C@@H]1C[C@](O)(CNC(=O)c2cnn3c2CCCC3)C1(C)C. The van der Waals surface area contributed by atoms with Gasteiger partial charge in [0.05, 0.1) is 29.2 Å². The Hall–Kier alpha value is -1.40. The Labute approximate surface area is 137 Å². The third-order valence-corrected chi connectivity index (χ3v) is 5.66. The number of hydrogen-bond acceptors (Lipinski definition) is 4. The summed E-state index contributed by atoms with van der Waals surface area (Å²) in [4.78, 5) is 12.5. The van der Waals surface area contributed by atoms with Crippen LogP contribution in [0.15, 0.2) is 6.20 Å². The Morgan fingerprint density at radius 3 is 3.00 bits per heavy atom. The molecule has 2 N–H and O–H groups in total. The van der Waals surface area contributed by atoms with Crippen molar-refractivity contribution in [3.8, 4) is 0 Å². The summed E-state index contributed by atoms with van der Waals surface area (Å²) in [6.07, 6.45) is 5.35. The molecule has 2 heterocycles. The molecule has 3 rings (SSSR count). The molecule has 1 aromatic rings. The number of aliphatic hydroxyl groups is 1. The zero-order chi connectivity index (χ0) is 16.7. The van der Waals surface area contributed by atoms with Crippen LogP contribution < -0.4 is 5.32 Å². The largest absolute Gasteiger partial charge is 0.387 e. The molecule has 0 bridgehead atoms. The molecule has 2 atom stereocenters. The number of aryl methyl sites for hydroxylation is 1. The Bertz CT molecular complexity index is 596. The van der Waals surface area contributed by atoms with Gasteiger partial charge in [0, 0.05) is 31.5 Å². The van der Waals surface area contributed by atoms with Gasteiger partial charge in [-0.05, 0) is 26.2 Å². The van der Waals surface area contributed by atoms with Gasteiger partial charge in [-0.2, -0.15) is 5.10 Å². The van der Waals surface area contributed by atoms with Crippen LogP contribution in [0, 0.1) is 5.41 Å². The number of nitrogens with one attached hydrogen (secondary N) is 1. The minimum atomic E-state index is -0.921. The lowest BCUT2D eigenvalue weighted by Crippen LogP contribution is -2.68. The van der Waals surface area contributed by atoms with Gasteiger partial charge in [-0.3, -0.25) is 9.48 Å². The summed E-state index contributed by atoms with van der Waals surface area (Å²) < 4.78 is 7.58. The Morgan fingerprint density at radius 2 is 2.30 bits per heavy atom. The lowest BCUT2D eigenvalue weighted by molar-refractivity contribution is -0.237. The highest BCUT2D eigenvalue weighted by molar-refractivity contribution is 5.95. The molecule has 1 fully saturated rings. The molecule has 0 aromatic carbocycles. The van der Waals surface area contributed by atoms with Gasteiger partial charge in [-0.1, -0.05) is 13.8 Å². The quantitative estimate of drug-likeness (QED) is 0.862. The van der Waals surface area contributed by atoms with Crippen molar-refractivity contribution in [2.45, 2.75) is 64.7 Å². The third-order valence-electron chi connectivity index (χ3n) is 5.66. The highest BCUT2D eigenvalue weighted by Gasteiger charge is 2.59. The lowest BCUT2D eigenvalue weighted by atomic mass is 9.56. The first-order valence-corrected chi connectivity index (χ1v) is 8.56. The van der Waals surface area contributed by atoms with E-state index in [1.54, 1.807) is 6.20 Å². The van der Waals surface area contributed by atoms with Crippen molar-refractivity contribution in [1.29, 1.82) is 0 Å². The van der Waals surface area contributed by atoms with Crippen LogP contribution in [-0.4, -0.2) is 45.7 Å². The van der Waals surface area contributed by atoms with Crippen LogP contribution in [0.1, 0.15) is 56.1 Å². The molecule has 1 saturated carbocycles. The summed E-state index contributed by atoms with van der Waals surface area (Å²) in [6.45, 7) is 7.70. The van der Waals surface area contributed by atoms with E-state index in [0.717, 1.165) is 31.5 Å². The van der Waals surface area contributed by atoms with Crippen LogP contribution in [0.25, 0.3) is 0 Å². The molecule has 0 saturated heterocycles. The van der Waals surface area contributed by atoms with E-state index in [0.29, 0.717) is 18.6 Å². The van der Waals surface area contributed by atoms with Gasteiger partial charge in [-0.25, -0.2) is 0 Å². The molecule has 2 aliphatic rings. The van der Waals surface area contributed by atoms with Crippen LogP contribution in [0.4, 0.5) is 0 Å². The second-order valence-electron chi connectivity index (χ2n) is 7.27. The Morgan fingerprint density at radius 1 is 1.52 bits per heavy atom. The van der Waals surface area contributed by atoms with E-state index in [1.165, 1.54) is 0 Å². The molecule has 1 aliphatic heterocycles. The second kappa shape index (κ2) is 5.91. The van der Waals surface area contributed by atoms with Gasteiger partial charge in [0.2, 0.25) is 0 Å². The highest BCUT2D eigenvalue weighted by Crippen LogP contribution is 2.50. The average molecular weight is 321 g/mol. The molecular weight excluding hydrogens is 294 g/mol. The van der Waals surface area contributed by atoms with E-state index < -0.39 is 5.60 Å². The first-order valence-electron chi connectivity index (χ1n) is 8.56. The maximum atomic E-state index is 12.5. The molecule has 1 amide bonds. The van der Waals surface area contributed by atoms with Gasteiger partial charge in [-0.15, -0.1) is 0 Å². The zero-order valence-electron chi connectivity index (χ0n) is 14.3. The molecule has 23 heavy (non-hydrogen) atoms. The van der Waals surface area contributed by atoms with Gasteiger partial charge >= 0.3 is 0 Å². The molecule has 1 aliphatic carbocycles. The summed E-state index contributed by atoms with van der Waals surface area (Å²) in [5.74, 6) is -0.141. The van der Waals surface area contributed by atoms with E-state index in [9.17, 15) is 9.90 Å². The molecule has 6 heteroatoms. The number of carbonyl (C=O) groups excluding carboxylic acids is 1. The monoisotopic (exact) mass is 321 g/mol. The van der Waals surface area contributed by atoms with Gasteiger partial charge in [0.1, 0.15) is 0 Å². The van der Waals surface area contributed by atoms with Crippen LogP contribution >= 0.6 is 0 Å². The number of amides is 1. The van der Waals surface area contributed by atoms with Crippen molar-refractivity contribution in [2.75, 3.05) is 13.2 Å². The fourth-order valence-corrected chi connectivity index (χ4v) is 3.69. The Balaban J connectivity index is 1.63. The zero-order valence-corrected chi connectivity index (χ0v) is 14.3. The Kier molecular flexibility index (Phi) is 4.23. The van der Waals surface area contributed by atoms with E-state index in [2.05, 4.69) is 10.4 Å². The van der Waals surface area contributed by atoms with Crippen molar-refractivity contribution in [1.82, 2.24) is 15.1 Å². The standard InChI is InChI=1S/C17H27N3O3/c1-4-23-14-9-17(22,16(14,2)3)11-18-15(21)12-10-19-20-8-6-5-7-13(12)20/h10,14,22H,4-9,11H2,1-3H3,(H,18,21)/t14-,17+/m1/s1. The predicted molar refractivity (Wildman–Crippen MR) is 86.3 cm³/mol. The molecular formula is C17H27N3O3. The second-order valence-corrected chi connectivity index (χ2v) is 7.27. The number of aromatic nitrogens is 2. The number of rotatable bonds is 5. The summed E-state index contributed by atoms with van der Waals surface area (Å²) in [6, 6.07) is 0. The van der Waals surface area contributed by atoms with Crippen molar-refractivity contribution >= 4 is 5.91 Å². The van der Waals surface area contributed by atoms with Crippen LogP contribution in [0.5, 0.6) is 0 Å². The topological polar surface area (TPSA) is 76.4 Å². The van der Waals surface area contributed by atoms with Crippen molar-refractivity contribution < 1.29 is 14.6 Å². The van der Waals surface area contributed by atoms with Crippen molar-refractivity contribution in [3.05, 3.63) is 17.5 Å². The molecule has 0 unspecified atom stereocenters. The molecule has 0 radical (unpaired) electrons. The third kappa shape index (κ3) is 2.68. The van der Waals surface area contributed by atoms with Gasteiger partial charge < -0.3 is 15.2 Å². The lowest BCUT2D eigenvalue weighted by Gasteiger charge is -2.57. The first-order chi connectivity index (χ1) is 10.9.